The average molecular weight is 357 g/mol. The zero-order valence-corrected chi connectivity index (χ0v) is 16.1. The van der Waals surface area contributed by atoms with Gasteiger partial charge in [0, 0.05) is 18.8 Å². The Morgan fingerprint density at radius 2 is 1.81 bits per heavy atom. The molecular weight excluding hydrogens is 330 g/mol. The highest BCUT2D eigenvalue weighted by Crippen LogP contribution is 2.19. The second-order valence-corrected chi connectivity index (χ2v) is 6.53. The van der Waals surface area contributed by atoms with Crippen molar-refractivity contribution in [1.82, 2.24) is 15.2 Å². The van der Waals surface area contributed by atoms with Crippen LogP contribution in [0.2, 0.25) is 0 Å². The molecule has 0 aliphatic heterocycles. The number of hydrogen-bond acceptors (Lipinski definition) is 4. The van der Waals surface area contributed by atoms with Crippen LogP contribution in [0.5, 0.6) is 0 Å². The summed E-state index contributed by atoms with van der Waals surface area (Å²) in [5.74, 6) is -0.644. The van der Waals surface area contributed by atoms with E-state index in [1.54, 1.807) is 20.8 Å². The first-order valence-electron chi connectivity index (χ1n) is 8.71. The van der Waals surface area contributed by atoms with Gasteiger partial charge in [-0.2, -0.15) is 0 Å². The molecule has 1 amide bonds. The molecule has 140 valence electrons. The molecule has 6 nitrogen and oxygen atoms in total. The summed E-state index contributed by atoms with van der Waals surface area (Å²) in [6.07, 6.45) is 0. The fourth-order valence-corrected chi connectivity index (χ4v) is 2.98. The van der Waals surface area contributed by atoms with Crippen LogP contribution in [0.25, 0.3) is 0 Å². The number of carbonyl (C=O) groups excluding carboxylic acids is 2. The maximum Gasteiger partial charge on any atom is 0.340 e. The van der Waals surface area contributed by atoms with E-state index in [-0.39, 0.29) is 5.91 Å². The van der Waals surface area contributed by atoms with Crippen LogP contribution in [0, 0.1) is 13.8 Å². The Morgan fingerprint density at radius 1 is 1.15 bits per heavy atom. The van der Waals surface area contributed by atoms with Crippen molar-refractivity contribution in [1.29, 1.82) is 0 Å². The maximum atomic E-state index is 12.6. The molecule has 0 aliphatic carbocycles. The highest BCUT2D eigenvalue weighted by molar-refractivity contribution is 6.00. The van der Waals surface area contributed by atoms with E-state index < -0.39 is 5.97 Å². The summed E-state index contributed by atoms with van der Waals surface area (Å²) in [5.41, 5.74) is 4.32. The minimum atomic E-state index is -0.408. The molecule has 0 bridgehead atoms. The molecule has 2 N–H and O–H groups in total. The summed E-state index contributed by atoms with van der Waals surface area (Å²) in [5, 5.41) is 2.94. The van der Waals surface area contributed by atoms with E-state index in [9.17, 15) is 9.59 Å². The van der Waals surface area contributed by atoms with Crippen LogP contribution in [0.1, 0.15) is 50.2 Å². The SMILES string of the molecule is CCOC(=O)c1c(C)[nH]c(C(=O)NCc2ccccc2CN(C)C)c1C. The summed E-state index contributed by atoms with van der Waals surface area (Å²) in [6, 6.07) is 8.03. The number of amides is 1. The van der Waals surface area contributed by atoms with Crippen LogP contribution in [-0.2, 0) is 17.8 Å². The number of aromatic nitrogens is 1. The predicted molar refractivity (Wildman–Crippen MR) is 101 cm³/mol. The Bertz CT molecular complexity index is 794. The third kappa shape index (κ3) is 4.52. The smallest absolute Gasteiger partial charge is 0.340 e. The number of hydrogen-bond donors (Lipinski definition) is 2. The van der Waals surface area contributed by atoms with Gasteiger partial charge in [0.05, 0.1) is 12.2 Å². The molecule has 0 radical (unpaired) electrons. The zero-order valence-electron chi connectivity index (χ0n) is 16.1. The fourth-order valence-electron chi connectivity index (χ4n) is 2.98. The first-order chi connectivity index (χ1) is 12.3. The van der Waals surface area contributed by atoms with Gasteiger partial charge in [0.2, 0.25) is 0 Å². The highest BCUT2D eigenvalue weighted by atomic mass is 16.5. The van der Waals surface area contributed by atoms with Gasteiger partial charge in [-0.3, -0.25) is 4.79 Å². The number of ether oxygens (including phenoxy) is 1. The monoisotopic (exact) mass is 357 g/mol. The molecule has 2 rings (SSSR count). The van der Waals surface area contributed by atoms with Crippen molar-refractivity contribution in [2.45, 2.75) is 33.9 Å². The Morgan fingerprint density at radius 3 is 2.42 bits per heavy atom. The third-order valence-corrected chi connectivity index (χ3v) is 4.19. The van der Waals surface area contributed by atoms with Gasteiger partial charge in [-0.05, 0) is 51.6 Å². The van der Waals surface area contributed by atoms with Crippen LogP contribution in [-0.4, -0.2) is 42.5 Å². The van der Waals surface area contributed by atoms with Crippen molar-refractivity contribution >= 4 is 11.9 Å². The van der Waals surface area contributed by atoms with Crippen LogP contribution in [0.15, 0.2) is 24.3 Å². The lowest BCUT2D eigenvalue weighted by Crippen LogP contribution is -2.25. The van der Waals surface area contributed by atoms with E-state index >= 15 is 0 Å². The number of aromatic amines is 1. The topological polar surface area (TPSA) is 74.4 Å². The van der Waals surface area contributed by atoms with Crippen molar-refractivity contribution in [2.75, 3.05) is 20.7 Å². The summed E-state index contributed by atoms with van der Waals surface area (Å²) in [4.78, 5) is 29.8. The lowest BCUT2D eigenvalue weighted by atomic mass is 10.1. The molecule has 0 spiro atoms. The van der Waals surface area contributed by atoms with E-state index in [1.165, 1.54) is 5.56 Å². The number of aryl methyl sites for hydroxylation is 1. The van der Waals surface area contributed by atoms with Crippen molar-refractivity contribution < 1.29 is 14.3 Å². The molecule has 1 aromatic heterocycles. The van der Waals surface area contributed by atoms with E-state index in [2.05, 4.69) is 21.3 Å². The van der Waals surface area contributed by atoms with Crippen molar-refractivity contribution in [3.63, 3.8) is 0 Å². The lowest BCUT2D eigenvalue weighted by molar-refractivity contribution is 0.0525. The van der Waals surface area contributed by atoms with E-state index in [0.29, 0.717) is 35.7 Å². The molecule has 0 fully saturated rings. The third-order valence-electron chi connectivity index (χ3n) is 4.19. The Labute approximate surface area is 154 Å². The number of nitrogens with one attached hydrogen (secondary N) is 2. The number of carbonyl (C=O) groups is 2. The van der Waals surface area contributed by atoms with Gasteiger partial charge in [-0.1, -0.05) is 24.3 Å². The van der Waals surface area contributed by atoms with Crippen molar-refractivity contribution in [2.24, 2.45) is 0 Å². The van der Waals surface area contributed by atoms with Crippen molar-refractivity contribution in [3.8, 4) is 0 Å². The molecule has 0 saturated carbocycles. The van der Waals surface area contributed by atoms with E-state index in [0.717, 1.165) is 12.1 Å². The second-order valence-electron chi connectivity index (χ2n) is 6.53. The van der Waals surface area contributed by atoms with Gasteiger partial charge in [-0.25, -0.2) is 4.79 Å². The first kappa shape index (κ1) is 19.7. The van der Waals surface area contributed by atoms with Crippen LogP contribution >= 0.6 is 0 Å². The quantitative estimate of drug-likeness (QED) is 0.747. The molecule has 26 heavy (non-hydrogen) atoms. The van der Waals surface area contributed by atoms with Gasteiger partial charge in [-0.15, -0.1) is 0 Å². The molecule has 1 aromatic carbocycles. The second kappa shape index (κ2) is 8.67. The van der Waals surface area contributed by atoms with Gasteiger partial charge in [0.25, 0.3) is 5.91 Å². The molecule has 0 aliphatic rings. The number of benzene rings is 1. The molecule has 0 saturated heterocycles. The molecular formula is C20H27N3O3. The maximum absolute atomic E-state index is 12.6. The van der Waals surface area contributed by atoms with Gasteiger partial charge >= 0.3 is 5.97 Å². The Hall–Kier alpha value is -2.60. The Balaban J connectivity index is 2.15. The number of H-pyrrole nitrogens is 1. The minimum Gasteiger partial charge on any atom is -0.462 e. The first-order valence-corrected chi connectivity index (χ1v) is 8.71. The lowest BCUT2D eigenvalue weighted by Gasteiger charge is -2.14. The number of esters is 1. The fraction of sp³-hybridized carbons (Fsp3) is 0.400. The molecule has 2 aromatic rings. The van der Waals surface area contributed by atoms with E-state index in [1.807, 2.05) is 32.3 Å². The van der Waals surface area contributed by atoms with Crippen molar-refractivity contribution in [3.05, 3.63) is 57.9 Å². The van der Waals surface area contributed by atoms with Gasteiger partial charge in [0.1, 0.15) is 5.69 Å². The molecule has 1 heterocycles. The van der Waals surface area contributed by atoms with Crippen LogP contribution in [0.3, 0.4) is 0 Å². The molecule has 0 atom stereocenters. The summed E-state index contributed by atoms with van der Waals surface area (Å²) in [6.45, 7) is 6.81. The highest BCUT2D eigenvalue weighted by Gasteiger charge is 2.22. The molecule has 0 unspecified atom stereocenters. The van der Waals surface area contributed by atoms with Gasteiger partial charge < -0.3 is 19.9 Å². The normalized spacial score (nSPS) is 10.8. The van der Waals surface area contributed by atoms with Gasteiger partial charge in [0.15, 0.2) is 0 Å². The van der Waals surface area contributed by atoms with E-state index in [4.69, 9.17) is 4.74 Å². The Kier molecular flexibility index (Phi) is 6.58. The summed E-state index contributed by atoms with van der Waals surface area (Å²) >= 11 is 0. The van der Waals surface area contributed by atoms with Crippen LogP contribution < -0.4 is 5.32 Å². The standard InChI is InChI=1S/C20H27N3O3/c1-6-26-20(25)17-13(2)18(22-14(17)3)19(24)21-11-15-9-7-8-10-16(15)12-23(4)5/h7-10,22H,6,11-12H2,1-5H3,(H,21,24). The predicted octanol–water partition coefficient (Wildman–Crippen LogP) is 2.80. The summed E-state index contributed by atoms with van der Waals surface area (Å²) < 4.78 is 5.07. The van der Waals surface area contributed by atoms with Crippen LogP contribution in [0.4, 0.5) is 0 Å². The number of nitrogens with zero attached hydrogens (tertiary/aromatic N) is 1. The number of rotatable bonds is 7. The zero-order chi connectivity index (χ0) is 19.3. The average Bonchev–Trinajstić information content (AvgIpc) is 2.88. The molecule has 6 heteroatoms. The summed E-state index contributed by atoms with van der Waals surface area (Å²) in [7, 11) is 4.02. The largest absolute Gasteiger partial charge is 0.462 e. The minimum absolute atomic E-state index is 0.235.